The second-order valence-electron chi connectivity index (χ2n) is 5.41. The van der Waals surface area contributed by atoms with Gasteiger partial charge in [-0.2, -0.15) is 0 Å². The summed E-state index contributed by atoms with van der Waals surface area (Å²) in [4.78, 5) is 16.5. The highest BCUT2D eigenvalue weighted by molar-refractivity contribution is 6.31. The molecule has 1 amide bonds. The molecule has 3 rings (SSSR count). The summed E-state index contributed by atoms with van der Waals surface area (Å²) >= 11 is 5.43. The van der Waals surface area contributed by atoms with Crippen LogP contribution in [0.1, 0.15) is 15.9 Å². The molecule has 0 spiro atoms. The van der Waals surface area contributed by atoms with Gasteiger partial charge in [0.05, 0.1) is 24.5 Å². The molecular weight excluding hydrogens is 352 g/mol. The first-order valence-corrected chi connectivity index (χ1v) is 7.69. The Morgan fingerprint density at radius 1 is 1.32 bits per heavy atom. The van der Waals surface area contributed by atoms with E-state index in [1.807, 2.05) is 13.1 Å². The van der Waals surface area contributed by atoms with E-state index in [1.54, 1.807) is 17.0 Å². The van der Waals surface area contributed by atoms with E-state index < -0.39 is 22.6 Å². The van der Waals surface area contributed by atoms with Crippen molar-refractivity contribution in [1.29, 1.82) is 0 Å². The third-order valence-electron chi connectivity index (χ3n) is 3.83. The molecule has 130 valence electrons. The lowest BCUT2D eigenvalue weighted by atomic mass is 10.1. The molecule has 25 heavy (non-hydrogen) atoms. The summed E-state index contributed by atoms with van der Waals surface area (Å²) in [5, 5.41) is 2.00. The smallest absolute Gasteiger partial charge is 0.251 e. The minimum absolute atomic E-state index is 0.102. The Morgan fingerprint density at radius 3 is 2.64 bits per heavy atom. The summed E-state index contributed by atoms with van der Waals surface area (Å²) in [5.74, 6) is -2.03. The number of fused-ring (bicyclic) bond motifs is 1. The summed E-state index contributed by atoms with van der Waals surface area (Å²) in [6.45, 7) is 0.102. The van der Waals surface area contributed by atoms with E-state index in [2.05, 4.69) is 10.3 Å². The third kappa shape index (κ3) is 3.15. The number of halogens is 3. The molecule has 1 N–H and O–H groups in total. The number of aryl methyl sites for hydroxylation is 1. The van der Waals surface area contributed by atoms with E-state index >= 15 is 0 Å². The molecule has 0 atom stereocenters. The van der Waals surface area contributed by atoms with Crippen molar-refractivity contribution in [3.63, 3.8) is 0 Å². The Hall–Kier alpha value is -2.67. The highest BCUT2D eigenvalue weighted by Crippen LogP contribution is 2.27. The van der Waals surface area contributed by atoms with Crippen molar-refractivity contribution >= 4 is 28.5 Å². The third-order valence-corrected chi connectivity index (χ3v) is 4.19. The van der Waals surface area contributed by atoms with Gasteiger partial charge in [0.1, 0.15) is 22.4 Å². The van der Waals surface area contributed by atoms with E-state index in [0.717, 1.165) is 23.2 Å². The lowest BCUT2D eigenvalue weighted by Gasteiger charge is -2.12. The maximum absolute atomic E-state index is 13.5. The zero-order valence-electron chi connectivity index (χ0n) is 13.4. The predicted octanol–water partition coefficient (Wildman–Crippen LogP) is 3.44. The van der Waals surface area contributed by atoms with Crippen LogP contribution in [-0.2, 0) is 13.6 Å². The number of imidazole rings is 1. The Balaban J connectivity index is 1.90. The van der Waals surface area contributed by atoms with Crippen LogP contribution in [-0.4, -0.2) is 22.6 Å². The summed E-state index contributed by atoms with van der Waals surface area (Å²) in [5.41, 5.74) is 2.10. The van der Waals surface area contributed by atoms with Gasteiger partial charge in [-0.25, -0.2) is 13.8 Å². The number of rotatable bonds is 4. The maximum atomic E-state index is 13.5. The van der Waals surface area contributed by atoms with Crippen LogP contribution in [0.25, 0.3) is 11.0 Å². The van der Waals surface area contributed by atoms with Gasteiger partial charge in [-0.15, -0.1) is 0 Å². The number of hydrogen-bond acceptors (Lipinski definition) is 3. The topological polar surface area (TPSA) is 56.1 Å². The van der Waals surface area contributed by atoms with Crippen LogP contribution >= 0.6 is 11.6 Å². The molecule has 0 aliphatic rings. The van der Waals surface area contributed by atoms with Crippen molar-refractivity contribution in [1.82, 2.24) is 14.9 Å². The molecule has 0 saturated heterocycles. The standard InChI is InChI=1S/C17H14ClF2N3O2/c1-23-8-22-13-3-4-14(25-2)10(16(13)23)7-21-17(24)9-5-11(19)15(18)12(20)6-9/h3-6,8H,7H2,1-2H3,(H,21,24). The van der Waals surface area contributed by atoms with Gasteiger partial charge < -0.3 is 14.6 Å². The minimum Gasteiger partial charge on any atom is -0.496 e. The number of nitrogens with one attached hydrogen (secondary N) is 1. The highest BCUT2D eigenvalue weighted by atomic mass is 35.5. The van der Waals surface area contributed by atoms with Gasteiger partial charge in [-0.1, -0.05) is 11.6 Å². The monoisotopic (exact) mass is 365 g/mol. The van der Waals surface area contributed by atoms with Gasteiger partial charge in [0, 0.05) is 24.7 Å². The quantitative estimate of drug-likeness (QED) is 0.720. The number of hydrogen-bond donors (Lipinski definition) is 1. The van der Waals surface area contributed by atoms with Crippen LogP contribution in [0.3, 0.4) is 0 Å². The molecule has 0 fully saturated rings. The Kier molecular flexibility index (Phi) is 4.59. The fourth-order valence-electron chi connectivity index (χ4n) is 2.63. The maximum Gasteiger partial charge on any atom is 0.251 e. The summed E-state index contributed by atoms with van der Waals surface area (Å²) in [7, 11) is 3.34. The van der Waals surface area contributed by atoms with Gasteiger partial charge >= 0.3 is 0 Å². The van der Waals surface area contributed by atoms with Crippen LogP contribution in [0.4, 0.5) is 8.78 Å². The van der Waals surface area contributed by atoms with Gasteiger partial charge in [0.15, 0.2) is 0 Å². The van der Waals surface area contributed by atoms with Crippen molar-refractivity contribution < 1.29 is 18.3 Å². The number of benzene rings is 2. The molecule has 0 bridgehead atoms. The normalized spacial score (nSPS) is 10.9. The lowest BCUT2D eigenvalue weighted by Crippen LogP contribution is -2.23. The molecular formula is C17H14ClF2N3O2. The van der Waals surface area contributed by atoms with E-state index in [4.69, 9.17) is 16.3 Å². The highest BCUT2D eigenvalue weighted by Gasteiger charge is 2.16. The van der Waals surface area contributed by atoms with E-state index in [9.17, 15) is 13.6 Å². The summed E-state index contributed by atoms with van der Waals surface area (Å²) in [6.07, 6.45) is 1.65. The first kappa shape index (κ1) is 17.2. The number of ether oxygens (including phenoxy) is 1. The van der Waals surface area contributed by atoms with Gasteiger partial charge in [0.25, 0.3) is 5.91 Å². The molecule has 0 saturated carbocycles. The number of aromatic nitrogens is 2. The van der Waals surface area contributed by atoms with Crippen molar-refractivity contribution in [2.75, 3.05) is 7.11 Å². The van der Waals surface area contributed by atoms with Crippen LogP contribution in [0, 0.1) is 11.6 Å². The molecule has 8 heteroatoms. The molecule has 1 aromatic heterocycles. The Morgan fingerprint density at radius 2 is 2.00 bits per heavy atom. The number of carbonyl (C=O) groups excluding carboxylic acids is 1. The molecule has 3 aromatic rings. The Labute approximate surface area is 147 Å². The fraction of sp³-hybridized carbons (Fsp3) is 0.176. The largest absolute Gasteiger partial charge is 0.496 e. The van der Waals surface area contributed by atoms with Crippen LogP contribution in [0.2, 0.25) is 5.02 Å². The van der Waals surface area contributed by atoms with Crippen molar-refractivity contribution in [2.45, 2.75) is 6.54 Å². The number of nitrogens with zero attached hydrogens (tertiary/aromatic N) is 2. The van der Waals surface area contributed by atoms with E-state index in [1.165, 1.54) is 7.11 Å². The van der Waals surface area contributed by atoms with Gasteiger partial charge in [-0.05, 0) is 24.3 Å². The fourth-order valence-corrected chi connectivity index (χ4v) is 2.74. The summed E-state index contributed by atoms with van der Waals surface area (Å²) in [6, 6.07) is 5.34. The molecule has 5 nitrogen and oxygen atoms in total. The van der Waals surface area contributed by atoms with Crippen LogP contribution in [0.5, 0.6) is 5.75 Å². The van der Waals surface area contributed by atoms with Crippen molar-refractivity contribution in [3.8, 4) is 5.75 Å². The number of methoxy groups -OCH3 is 1. The average molecular weight is 366 g/mol. The summed E-state index contributed by atoms with van der Waals surface area (Å²) < 4.78 is 34.2. The van der Waals surface area contributed by atoms with E-state index in [0.29, 0.717) is 11.3 Å². The molecule has 0 radical (unpaired) electrons. The minimum atomic E-state index is -0.988. The Bertz CT molecular complexity index is 949. The van der Waals surface area contributed by atoms with Gasteiger partial charge in [0.2, 0.25) is 0 Å². The molecule has 0 aliphatic carbocycles. The SMILES string of the molecule is COc1ccc2ncn(C)c2c1CNC(=O)c1cc(F)c(Cl)c(F)c1. The molecule has 0 aliphatic heterocycles. The molecule has 1 heterocycles. The number of amides is 1. The second kappa shape index (κ2) is 6.68. The van der Waals surface area contributed by atoms with Gasteiger partial charge in [-0.3, -0.25) is 4.79 Å². The average Bonchev–Trinajstić information content (AvgIpc) is 2.98. The van der Waals surface area contributed by atoms with Crippen molar-refractivity contribution in [3.05, 3.63) is 58.4 Å². The first-order valence-electron chi connectivity index (χ1n) is 7.32. The van der Waals surface area contributed by atoms with Crippen LogP contribution < -0.4 is 10.1 Å². The second-order valence-corrected chi connectivity index (χ2v) is 5.78. The lowest BCUT2D eigenvalue weighted by molar-refractivity contribution is 0.0950. The first-order chi connectivity index (χ1) is 11.9. The predicted molar refractivity (Wildman–Crippen MR) is 89.8 cm³/mol. The molecule has 0 unspecified atom stereocenters. The van der Waals surface area contributed by atoms with E-state index in [-0.39, 0.29) is 12.1 Å². The number of carbonyl (C=O) groups is 1. The zero-order chi connectivity index (χ0) is 18.1. The van der Waals surface area contributed by atoms with Crippen LogP contribution in [0.15, 0.2) is 30.6 Å². The van der Waals surface area contributed by atoms with Crippen molar-refractivity contribution in [2.24, 2.45) is 7.05 Å². The zero-order valence-corrected chi connectivity index (χ0v) is 14.2. The molecule has 2 aromatic carbocycles.